The molecule has 19 heavy (non-hydrogen) atoms. The minimum atomic E-state index is 0.351. The third-order valence-electron chi connectivity index (χ3n) is 3.51. The van der Waals surface area contributed by atoms with Crippen LogP contribution in [0.25, 0.3) is 10.8 Å². The van der Waals surface area contributed by atoms with Crippen molar-refractivity contribution in [2.45, 2.75) is 12.6 Å². The Morgan fingerprint density at radius 1 is 1.21 bits per heavy atom. The molecule has 1 heterocycles. The van der Waals surface area contributed by atoms with Crippen molar-refractivity contribution < 1.29 is 0 Å². The Bertz CT molecular complexity index is 597. The second-order valence-electron chi connectivity index (χ2n) is 4.83. The van der Waals surface area contributed by atoms with Crippen molar-refractivity contribution in [1.29, 1.82) is 0 Å². The van der Waals surface area contributed by atoms with Gasteiger partial charge in [-0.1, -0.05) is 36.4 Å². The maximum absolute atomic E-state index is 5.60. The molecule has 0 aliphatic carbocycles. The van der Waals surface area contributed by atoms with Gasteiger partial charge in [0, 0.05) is 13.1 Å². The summed E-state index contributed by atoms with van der Waals surface area (Å²) < 4.78 is 0. The largest absolute Gasteiger partial charge is 0.352 e. The van der Waals surface area contributed by atoms with Gasteiger partial charge in [-0.05, 0) is 34.2 Å². The zero-order valence-corrected chi connectivity index (χ0v) is 11.3. The fraction of sp³-hybridized carbons (Fsp3) is 0.267. The first-order valence-corrected chi connectivity index (χ1v) is 6.81. The highest BCUT2D eigenvalue weighted by Gasteiger charge is 2.19. The predicted molar refractivity (Wildman–Crippen MR) is 80.5 cm³/mol. The van der Waals surface area contributed by atoms with E-state index in [9.17, 15) is 0 Å². The van der Waals surface area contributed by atoms with Gasteiger partial charge in [0.1, 0.15) is 0 Å². The highest BCUT2D eigenvalue weighted by molar-refractivity contribution is 6.13. The van der Waals surface area contributed by atoms with E-state index in [1.165, 1.54) is 16.3 Å². The first-order valence-electron chi connectivity index (χ1n) is 6.44. The Kier molecular flexibility index (Phi) is 3.67. The molecular weight excluding hydrogens is 258 g/mol. The zero-order valence-electron chi connectivity index (χ0n) is 10.6. The summed E-state index contributed by atoms with van der Waals surface area (Å²) in [6.45, 7) is 2.43. The van der Waals surface area contributed by atoms with Crippen LogP contribution in [0.5, 0.6) is 0 Å². The van der Waals surface area contributed by atoms with Crippen LogP contribution in [-0.4, -0.2) is 30.4 Å². The van der Waals surface area contributed by atoms with E-state index >= 15 is 0 Å². The number of aliphatic imine (C=N–C) groups is 1. The lowest BCUT2D eigenvalue weighted by molar-refractivity contribution is 0.343. The Morgan fingerprint density at radius 3 is 2.89 bits per heavy atom. The fourth-order valence-corrected chi connectivity index (χ4v) is 2.64. The summed E-state index contributed by atoms with van der Waals surface area (Å²) in [5, 5.41) is 2.56. The van der Waals surface area contributed by atoms with E-state index in [0.717, 1.165) is 19.6 Å². The van der Waals surface area contributed by atoms with Gasteiger partial charge in [-0.2, -0.15) is 0 Å². The van der Waals surface area contributed by atoms with Gasteiger partial charge in [0.2, 0.25) is 0 Å². The number of hydrogen-bond donors (Lipinski definition) is 1. The van der Waals surface area contributed by atoms with Crippen molar-refractivity contribution >= 4 is 28.9 Å². The molecule has 3 rings (SSSR count). The molecule has 2 aromatic carbocycles. The first-order chi connectivity index (χ1) is 9.36. The van der Waals surface area contributed by atoms with E-state index < -0.39 is 0 Å². The van der Waals surface area contributed by atoms with E-state index in [1.54, 1.807) is 0 Å². The summed E-state index contributed by atoms with van der Waals surface area (Å²) in [7, 11) is 0. The molecule has 0 aromatic heterocycles. The number of rotatable bonds is 4. The topological polar surface area (TPSA) is 27.6 Å². The average Bonchev–Trinajstić information content (AvgIpc) is 2.86. The highest BCUT2D eigenvalue weighted by atomic mass is 35.5. The molecule has 0 radical (unpaired) electrons. The molecule has 0 saturated carbocycles. The summed E-state index contributed by atoms with van der Waals surface area (Å²) >= 11 is 5.60. The molecule has 1 aliphatic heterocycles. The molecule has 4 heteroatoms. The molecule has 1 aliphatic rings. The second kappa shape index (κ2) is 5.59. The average molecular weight is 274 g/mol. The van der Waals surface area contributed by atoms with Gasteiger partial charge in [0.15, 0.2) is 0 Å². The van der Waals surface area contributed by atoms with Crippen LogP contribution in [-0.2, 0) is 6.54 Å². The zero-order chi connectivity index (χ0) is 13.1. The van der Waals surface area contributed by atoms with Crippen molar-refractivity contribution in [3.05, 3.63) is 48.0 Å². The van der Waals surface area contributed by atoms with Crippen molar-refractivity contribution in [2.75, 3.05) is 13.1 Å². The van der Waals surface area contributed by atoms with Crippen LogP contribution in [0.3, 0.4) is 0 Å². The Balaban J connectivity index is 1.79. The van der Waals surface area contributed by atoms with E-state index in [0.29, 0.717) is 6.04 Å². The third kappa shape index (κ3) is 2.72. The molecule has 0 bridgehead atoms. The number of nitrogens with zero attached hydrogens (tertiary/aromatic N) is 2. The van der Waals surface area contributed by atoms with Gasteiger partial charge in [0.25, 0.3) is 0 Å². The molecular formula is C15H16ClN3. The lowest BCUT2D eigenvalue weighted by atomic mass is 10.1. The molecule has 3 nitrogen and oxygen atoms in total. The summed E-state index contributed by atoms with van der Waals surface area (Å²) in [4.78, 5) is 9.27. The van der Waals surface area contributed by atoms with Gasteiger partial charge in [-0.15, -0.1) is 0 Å². The van der Waals surface area contributed by atoms with Crippen molar-refractivity contribution in [1.82, 2.24) is 9.74 Å². The highest BCUT2D eigenvalue weighted by Crippen LogP contribution is 2.18. The van der Waals surface area contributed by atoms with Crippen LogP contribution in [0.1, 0.15) is 5.56 Å². The van der Waals surface area contributed by atoms with Gasteiger partial charge in [-0.3, -0.25) is 4.99 Å². The number of fused-ring (bicyclic) bond motifs is 1. The Hall–Kier alpha value is -1.58. The van der Waals surface area contributed by atoms with Gasteiger partial charge in [0.05, 0.1) is 18.9 Å². The standard InChI is InChI=1S/C15H16ClN3/c16-18-9-15-8-17-11-19(15)10-12-5-6-13-3-1-2-4-14(13)7-12/h1-7,11,15,18H,8-10H2. The monoisotopic (exact) mass is 273 g/mol. The Morgan fingerprint density at radius 2 is 2.05 bits per heavy atom. The Labute approximate surface area is 118 Å². The SMILES string of the molecule is ClNCC1CN=CN1Cc1ccc2ccccc2c1. The quantitative estimate of drug-likeness (QED) is 0.868. The third-order valence-corrected chi connectivity index (χ3v) is 3.66. The van der Waals surface area contributed by atoms with Crippen LogP contribution in [0.2, 0.25) is 0 Å². The van der Waals surface area contributed by atoms with E-state index in [2.05, 4.69) is 57.2 Å². The van der Waals surface area contributed by atoms with Gasteiger partial charge >= 0.3 is 0 Å². The van der Waals surface area contributed by atoms with Crippen LogP contribution in [0, 0.1) is 0 Å². The fourth-order valence-electron chi connectivity index (χ4n) is 2.46. The van der Waals surface area contributed by atoms with Gasteiger partial charge < -0.3 is 4.90 Å². The summed E-state index contributed by atoms with van der Waals surface area (Å²) in [5.41, 5.74) is 1.30. The number of nitrogens with one attached hydrogen (secondary N) is 1. The van der Waals surface area contributed by atoms with E-state index in [4.69, 9.17) is 11.8 Å². The van der Waals surface area contributed by atoms with Crippen LogP contribution in [0.4, 0.5) is 0 Å². The number of halogens is 1. The van der Waals surface area contributed by atoms with Crippen LogP contribution in [0.15, 0.2) is 47.5 Å². The number of hydrogen-bond acceptors (Lipinski definition) is 3. The lowest BCUT2D eigenvalue weighted by Crippen LogP contribution is -2.37. The van der Waals surface area contributed by atoms with Gasteiger partial charge in [-0.25, -0.2) is 4.84 Å². The first kappa shape index (κ1) is 12.5. The minimum absolute atomic E-state index is 0.351. The van der Waals surface area contributed by atoms with Crippen molar-refractivity contribution in [3.8, 4) is 0 Å². The second-order valence-corrected chi connectivity index (χ2v) is 5.09. The van der Waals surface area contributed by atoms with Crippen LogP contribution >= 0.6 is 11.8 Å². The summed E-state index contributed by atoms with van der Waals surface area (Å²) in [6, 6.07) is 15.4. The van der Waals surface area contributed by atoms with E-state index in [-0.39, 0.29) is 0 Å². The maximum atomic E-state index is 5.60. The molecule has 0 fully saturated rings. The van der Waals surface area contributed by atoms with Crippen LogP contribution < -0.4 is 4.84 Å². The molecule has 1 N–H and O–H groups in total. The summed E-state index contributed by atoms with van der Waals surface area (Å²) in [5.74, 6) is 0. The predicted octanol–water partition coefficient (Wildman–Crippen LogP) is 2.80. The normalized spacial score (nSPS) is 18.4. The molecule has 0 amide bonds. The van der Waals surface area contributed by atoms with E-state index in [1.807, 2.05) is 6.34 Å². The smallest absolute Gasteiger partial charge is 0.0857 e. The lowest BCUT2D eigenvalue weighted by Gasteiger charge is -2.23. The molecule has 2 aromatic rings. The minimum Gasteiger partial charge on any atom is -0.352 e. The maximum Gasteiger partial charge on any atom is 0.0857 e. The van der Waals surface area contributed by atoms with Crippen molar-refractivity contribution in [3.63, 3.8) is 0 Å². The molecule has 98 valence electrons. The molecule has 1 atom stereocenters. The van der Waals surface area contributed by atoms with Crippen molar-refractivity contribution in [2.24, 2.45) is 4.99 Å². The number of benzene rings is 2. The molecule has 0 spiro atoms. The molecule has 1 unspecified atom stereocenters. The summed E-state index contributed by atoms with van der Waals surface area (Å²) in [6.07, 6.45) is 1.92. The molecule has 0 saturated heterocycles.